The number of hydrogen-bond donors (Lipinski definition) is 1. The summed E-state index contributed by atoms with van der Waals surface area (Å²) >= 11 is 0. The average molecular weight is 605 g/mol. The van der Waals surface area contributed by atoms with Crippen molar-refractivity contribution in [3.05, 3.63) is 82.4 Å². The fraction of sp³-hybridized carbons (Fsp3) is 0.406. The van der Waals surface area contributed by atoms with Gasteiger partial charge in [-0.1, -0.05) is 49.0 Å². The maximum atomic E-state index is 13.9. The highest BCUT2D eigenvalue weighted by atomic mass is 32.2. The first kappa shape index (κ1) is 29.3. The molecule has 7 rings (SSSR count). The van der Waals surface area contributed by atoms with Gasteiger partial charge in [0.25, 0.3) is 0 Å². The van der Waals surface area contributed by atoms with Crippen LogP contribution < -0.4 is 4.74 Å². The molecular weight excluding hydrogens is 568 g/mol. The van der Waals surface area contributed by atoms with Crippen LogP contribution in [0.5, 0.6) is 5.75 Å². The van der Waals surface area contributed by atoms with E-state index in [0.717, 1.165) is 51.7 Å². The molecule has 2 fully saturated rings. The summed E-state index contributed by atoms with van der Waals surface area (Å²) < 4.78 is 42.9. The number of aliphatic carboxylic acids is 1. The summed E-state index contributed by atoms with van der Waals surface area (Å²) in [5.41, 5.74) is 5.30. The van der Waals surface area contributed by atoms with Crippen molar-refractivity contribution < 1.29 is 27.8 Å². The monoisotopic (exact) mass is 604 g/mol. The number of ether oxygens (including phenoxy) is 2. The smallest absolute Gasteiger partial charge is 0.304 e. The summed E-state index contributed by atoms with van der Waals surface area (Å²) in [5.74, 6) is -1.03. The lowest BCUT2D eigenvalue weighted by molar-refractivity contribution is -0.165. The number of aromatic nitrogens is 3. The van der Waals surface area contributed by atoms with E-state index in [2.05, 4.69) is 10.3 Å². The van der Waals surface area contributed by atoms with Gasteiger partial charge in [0.15, 0.2) is 5.60 Å². The Morgan fingerprint density at radius 2 is 1.88 bits per heavy atom. The van der Waals surface area contributed by atoms with E-state index in [1.165, 1.54) is 4.31 Å². The van der Waals surface area contributed by atoms with Crippen LogP contribution in [0.1, 0.15) is 66.5 Å². The van der Waals surface area contributed by atoms with Crippen molar-refractivity contribution in [1.29, 1.82) is 0 Å². The zero-order valence-corrected chi connectivity index (χ0v) is 24.3. The molecular formula is C32H36N4O6S. The first-order valence-electron chi connectivity index (χ1n) is 14.2. The highest BCUT2D eigenvalue weighted by Crippen LogP contribution is 2.40. The van der Waals surface area contributed by atoms with E-state index < -0.39 is 27.5 Å². The zero-order valence-electron chi connectivity index (χ0n) is 23.5. The van der Waals surface area contributed by atoms with Crippen LogP contribution >= 0.6 is 0 Å². The maximum absolute atomic E-state index is 13.9. The van der Waals surface area contributed by atoms with Crippen molar-refractivity contribution in [3.63, 3.8) is 0 Å². The molecule has 4 aromatic rings. The van der Waals surface area contributed by atoms with Gasteiger partial charge in [0.05, 0.1) is 37.7 Å². The van der Waals surface area contributed by atoms with Crippen LogP contribution in [0.4, 0.5) is 0 Å². The minimum atomic E-state index is -3.88. The fourth-order valence-corrected chi connectivity index (χ4v) is 7.76. The van der Waals surface area contributed by atoms with Gasteiger partial charge in [-0.3, -0.25) is 4.79 Å². The van der Waals surface area contributed by atoms with Gasteiger partial charge in [-0.2, -0.15) is 4.31 Å². The van der Waals surface area contributed by atoms with E-state index in [1.807, 2.05) is 48.9 Å². The van der Waals surface area contributed by atoms with Crippen molar-refractivity contribution in [2.75, 3.05) is 19.8 Å². The number of carboxylic acids is 1. The number of aryl methyl sites for hydroxylation is 2. The standard InChI is InChI=1S/C31H32N4O6S.CH4/c1-19-7-8-21(25(14-29(36)37)24-11-12-26-30(20(24)2)32-33-35(26)23-9-10-23)13-22(19)15-34-16-31(17-40-18-31)41-27-5-3-4-6-28(27)42(34,38)39;/h3-8,11-13,23,25H,9-10,14-18H2,1-2H3,(H,36,37);1H4. The molecule has 1 aromatic heterocycles. The third-order valence-electron chi connectivity index (χ3n) is 8.70. The highest BCUT2D eigenvalue weighted by molar-refractivity contribution is 7.89. The summed E-state index contributed by atoms with van der Waals surface area (Å²) in [4.78, 5) is 12.2. The molecule has 43 heavy (non-hydrogen) atoms. The number of carbonyl (C=O) groups is 1. The third-order valence-corrected chi connectivity index (χ3v) is 10.5. The molecule has 226 valence electrons. The van der Waals surface area contributed by atoms with E-state index in [-0.39, 0.29) is 31.8 Å². The van der Waals surface area contributed by atoms with Gasteiger partial charge in [-0.05, 0) is 72.7 Å². The molecule has 0 bridgehead atoms. The molecule has 1 aliphatic carbocycles. The van der Waals surface area contributed by atoms with Gasteiger partial charge >= 0.3 is 5.97 Å². The molecule has 10 nitrogen and oxygen atoms in total. The van der Waals surface area contributed by atoms with Crippen LogP contribution in [0.25, 0.3) is 11.0 Å². The lowest BCUT2D eigenvalue weighted by Crippen LogP contribution is -2.60. The fourth-order valence-electron chi connectivity index (χ4n) is 6.15. The maximum Gasteiger partial charge on any atom is 0.304 e. The van der Waals surface area contributed by atoms with Crippen molar-refractivity contribution in [3.8, 4) is 5.75 Å². The molecule has 0 amide bonds. The van der Waals surface area contributed by atoms with Gasteiger partial charge in [-0.15, -0.1) is 5.10 Å². The van der Waals surface area contributed by atoms with Crippen molar-refractivity contribution in [1.82, 2.24) is 19.3 Å². The Hall–Kier alpha value is -3.80. The van der Waals surface area contributed by atoms with Crippen LogP contribution in [-0.2, 0) is 26.1 Å². The molecule has 1 N–H and O–H groups in total. The number of sulfonamides is 1. The molecule has 1 atom stereocenters. The Balaban J connectivity index is 0.00000329. The second-order valence-corrected chi connectivity index (χ2v) is 13.7. The van der Waals surface area contributed by atoms with Crippen molar-refractivity contribution in [2.45, 2.75) is 69.5 Å². The molecule has 3 aliphatic rings. The first-order valence-corrected chi connectivity index (χ1v) is 15.6. The summed E-state index contributed by atoms with van der Waals surface area (Å²) in [6.07, 6.45) is 2.06. The minimum Gasteiger partial charge on any atom is -0.481 e. The van der Waals surface area contributed by atoms with E-state index in [9.17, 15) is 18.3 Å². The summed E-state index contributed by atoms with van der Waals surface area (Å²) in [5, 5.41) is 18.7. The second-order valence-electron chi connectivity index (χ2n) is 11.7. The van der Waals surface area contributed by atoms with Crippen molar-refractivity contribution >= 4 is 27.0 Å². The SMILES string of the molecule is C.Cc1ccc(C(CC(=O)O)c2ccc3c(nnn3C3CC3)c2C)cc1CN1CC2(COC2)Oc2ccccc2S1(=O)=O. The number of para-hydroxylation sites is 1. The normalized spacial score (nSPS) is 19.5. The zero-order chi connectivity index (χ0) is 29.2. The largest absolute Gasteiger partial charge is 0.481 e. The number of fused-ring (bicyclic) bond motifs is 2. The Morgan fingerprint density at radius 3 is 2.58 bits per heavy atom. The number of benzene rings is 3. The molecule has 1 saturated carbocycles. The number of hydrogen-bond acceptors (Lipinski definition) is 7. The Bertz CT molecular complexity index is 1830. The average Bonchev–Trinajstić information content (AvgIpc) is 3.70. The van der Waals surface area contributed by atoms with Crippen molar-refractivity contribution in [2.24, 2.45) is 0 Å². The van der Waals surface area contributed by atoms with Crippen LogP contribution in [0.2, 0.25) is 0 Å². The number of rotatable bonds is 7. The van der Waals surface area contributed by atoms with Crippen LogP contribution in [-0.4, -0.2) is 64.2 Å². The Kier molecular flexibility index (Phi) is 7.30. The van der Waals surface area contributed by atoms with Gasteiger partial charge in [0.2, 0.25) is 10.0 Å². The minimum absolute atomic E-state index is 0. The van der Waals surface area contributed by atoms with E-state index in [4.69, 9.17) is 9.47 Å². The highest BCUT2D eigenvalue weighted by Gasteiger charge is 2.49. The third kappa shape index (κ3) is 5.09. The summed E-state index contributed by atoms with van der Waals surface area (Å²) in [6, 6.07) is 16.9. The Labute approximate surface area is 251 Å². The van der Waals surface area contributed by atoms with Gasteiger partial charge < -0.3 is 14.6 Å². The van der Waals surface area contributed by atoms with Crippen LogP contribution in [0.3, 0.4) is 0 Å². The van der Waals surface area contributed by atoms with E-state index in [0.29, 0.717) is 25.0 Å². The molecule has 3 aromatic carbocycles. The number of carboxylic acid groups (broad SMARTS) is 1. The predicted octanol–water partition coefficient (Wildman–Crippen LogP) is 4.98. The van der Waals surface area contributed by atoms with Gasteiger partial charge in [0, 0.05) is 12.5 Å². The first-order chi connectivity index (χ1) is 20.1. The summed E-state index contributed by atoms with van der Waals surface area (Å²) in [6.45, 7) is 4.79. The van der Waals surface area contributed by atoms with E-state index >= 15 is 0 Å². The quantitative estimate of drug-likeness (QED) is 0.313. The second kappa shape index (κ2) is 10.7. The van der Waals surface area contributed by atoms with Gasteiger partial charge in [0.1, 0.15) is 16.2 Å². The lowest BCUT2D eigenvalue weighted by Gasteiger charge is -2.41. The molecule has 0 radical (unpaired) electrons. The molecule has 3 heterocycles. The van der Waals surface area contributed by atoms with Crippen LogP contribution in [0, 0.1) is 13.8 Å². The van der Waals surface area contributed by atoms with Crippen LogP contribution in [0.15, 0.2) is 59.5 Å². The topological polar surface area (TPSA) is 124 Å². The predicted molar refractivity (Wildman–Crippen MR) is 161 cm³/mol. The van der Waals surface area contributed by atoms with E-state index in [1.54, 1.807) is 24.3 Å². The molecule has 1 spiro atoms. The number of nitrogens with zero attached hydrogens (tertiary/aromatic N) is 4. The molecule has 11 heteroatoms. The lowest BCUT2D eigenvalue weighted by atomic mass is 9.84. The molecule has 1 saturated heterocycles. The van der Waals surface area contributed by atoms with Gasteiger partial charge in [-0.25, -0.2) is 13.1 Å². The summed E-state index contributed by atoms with van der Waals surface area (Å²) in [7, 11) is -3.88. The molecule has 2 aliphatic heterocycles. The molecule has 1 unspecified atom stereocenters. The Morgan fingerprint density at radius 1 is 1.12 bits per heavy atom.